The van der Waals surface area contributed by atoms with E-state index in [0.717, 1.165) is 0 Å². The lowest BCUT2D eigenvalue weighted by Gasteiger charge is -2.23. The smallest absolute Gasteiger partial charge is 0.355 e. The van der Waals surface area contributed by atoms with Gasteiger partial charge in [-0.25, -0.2) is 14.4 Å². The number of aromatic carboxylic acids is 1. The van der Waals surface area contributed by atoms with Crippen molar-refractivity contribution in [3.05, 3.63) is 65.5 Å². The molecule has 1 aromatic rings. The molecule has 2 rings (SSSR count). The summed E-state index contributed by atoms with van der Waals surface area (Å²) in [6, 6.07) is 5.85. The van der Waals surface area contributed by atoms with E-state index in [1.165, 1.54) is 49.5 Å². The van der Waals surface area contributed by atoms with Crippen LogP contribution in [0.15, 0.2) is 60.0 Å². The van der Waals surface area contributed by atoms with E-state index in [1.807, 2.05) is 0 Å². The number of carboxylic acid groups (broad SMARTS) is 1. The van der Waals surface area contributed by atoms with Crippen LogP contribution in [0.25, 0.3) is 0 Å². The van der Waals surface area contributed by atoms with Gasteiger partial charge in [-0.3, -0.25) is 0 Å². The van der Waals surface area contributed by atoms with Gasteiger partial charge in [0.1, 0.15) is 5.70 Å². The molecule has 0 amide bonds. The molecule has 1 heterocycles. The van der Waals surface area contributed by atoms with Crippen molar-refractivity contribution in [3.8, 4) is 0 Å². The molecule has 0 unspecified atom stereocenters. The number of carboxylic acids is 1. The molecule has 7 nitrogen and oxygen atoms in total. The summed E-state index contributed by atoms with van der Waals surface area (Å²) in [6.07, 6.45) is 6.22. The van der Waals surface area contributed by atoms with Crippen LogP contribution < -0.4 is 4.90 Å². The average molecular weight is 329 g/mol. The second-order valence-electron chi connectivity index (χ2n) is 4.67. The van der Waals surface area contributed by atoms with Crippen LogP contribution in [0.4, 0.5) is 5.69 Å². The van der Waals surface area contributed by atoms with Crippen molar-refractivity contribution in [2.24, 2.45) is 0 Å². The molecule has 24 heavy (non-hydrogen) atoms. The molecular formula is C17H15NO6. The number of ether oxygens (including phenoxy) is 2. The Morgan fingerprint density at radius 1 is 0.958 bits per heavy atom. The van der Waals surface area contributed by atoms with Gasteiger partial charge < -0.3 is 19.5 Å². The van der Waals surface area contributed by atoms with Crippen LogP contribution in [0.5, 0.6) is 0 Å². The number of hydrogen-bond donors (Lipinski definition) is 1. The molecule has 7 heteroatoms. The van der Waals surface area contributed by atoms with Crippen molar-refractivity contribution in [3.63, 3.8) is 0 Å². The second kappa shape index (κ2) is 7.28. The standard InChI is InChI=1S/C17H15NO6/c1-23-16(21)13-5-3-4-10-18(14(13)17(22)24-2)12-8-6-11(7-9-12)15(19)20/h3-10H,1-2H3,(H,19,20). The van der Waals surface area contributed by atoms with Crippen molar-refractivity contribution >= 4 is 23.6 Å². The van der Waals surface area contributed by atoms with Gasteiger partial charge in [-0.2, -0.15) is 0 Å². The summed E-state index contributed by atoms with van der Waals surface area (Å²) < 4.78 is 9.49. The minimum atomic E-state index is -1.06. The Kier molecular flexibility index (Phi) is 5.16. The topological polar surface area (TPSA) is 93.1 Å². The minimum absolute atomic E-state index is 0.0247. The lowest BCUT2D eigenvalue weighted by Crippen LogP contribution is -2.26. The van der Waals surface area contributed by atoms with Gasteiger partial charge in [0.05, 0.1) is 25.4 Å². The molecule has 0 radical (unpaired) electrons. The van der Waals surface area contributed by atoms with E-state index in [-0.39, 0.29) is 16.8 Å². The van der Waals surface area contributed by atoms with Crippen LogP contribution in [-0.4, -0.2) is 37.2 Å². The zero-order chi connectivity index (χ0) is 17.7. The Morgan fingerprint density at radius 2 is 1.58 bits per heavy atom. The monoisotopic (exact) mass is 329 g/mol. The highest BCUT2D eigenvalue weighted by Crippen LogP contribution is 2.26. The largest absolute Gasteiger partial charge is 0.478 e. The maximum atomic E-state index is 12.2. The Balaban J connectivity index is 2.58. The van der Waals surface area contributed by atoms with E-state index in [9.17, 15) is 14.4 Å². The Morgan fingerprint density at radius 3 is 2.12 bits per heavy atom. The fourth-order valence-corrected chi connectivity index (χ4v) is 2.13. The van der Waals surface area contributed by atoms with Gasteiger partial charge >= 0.3 is 17.9 Å². The summed E-state index contributed by atoms with van der Waals surface area (Å²) >= 11 is 0. The summed E-state index contributed by atoms with van der Waals surface area (Å²) in [5, 5.41) is 8.97. The Hall–Kier alpha value is -3.35. The number of esters is 2. The zero-order valence-corrected chi connectivity index (χ0v) is 13.1. The summed E-state index contributed by atoms with van der Waals surface area (Å²) in [5.41, 5.74) is 0.586. The van der Waals surface area contributed by atoms with Gasteiger partial charge in [0.15, 0.2) is 0 Å². The molecule has 0 saturated carbocycles. The molecule has 0 aromatic heterocycles. The summed E-state index contributed by atoms with van der Waals surface area (Å²) in [5.74, 6) is -2.48. The number of methoxy groups -OCH3 is 2. The third kappa shape index (κ3) is 3.35. The van der Waals surface area contributed by atoms with E-state index in [2.05, 4.69) is 0 Å². The molecule has 124 valence electrons. The van der Waals surface area contributed by atoms with Crippen LogP contribution in [0.2, 0.25) is 0 Å². The van der Waals surface area contributed by atoms with Crippen molar-refractivity contribution in [1.29, 1.82) is 0 Å². The summed E-state index contributed by atoms with van der Waals surface area (Å²) in [7, 11) is 2.41. The SMILES string of the molecule is COC(=O)C1=C(C(=O)OC)N(c2ccc(C(=O)O)cc2)C=CC=C1. The number of rotatable bonds is 4. The predicted molar refractivity (Wildman–Crippen MR) is 85.2 cm³/mol. The van der Waals surface area contributed by atoms with Crippen LogP contribution in [-0.2, 0) is 19.1 Å². The highest BCUT2D eigenvalue weighted by molar-refractivity contribution is 6.05. The number of benzene rings is 1. The zero-order valence-electron chi connectivity index (χ0n) is 13.1. The van der Waals surface area contributed by atoms with Gasteiger partial charge in [-0.05, 0) is 36.4 Å². The fourth-order valence-electron chi connectivity index (χ4n) is 2.13. The number of nitrogens with zero attached hydrogens (tertiary/aromatic N) is 1. The van der Waals surface area contributed by atoms with E-state index >= 15 is 0 Å². The molecule has 0 saturated heterocycles. The molecule has 0 bridgehead atoms. The highest BCUT2D eigenvalue weighted by Gasteiger charge is 2.27. The quantitative estimate of drug-likeness (QED) is 0.843. The first kappa shape index (κ1) is 17.0. The van der Waals surface area contributed by atoms with Gasteiger partial charge in [0, 0.05) is 11.9 Å². The number of carbonyl (C=O) groups is 3. The second-order valence-corrected chi connectivity index (χ2v) is 4.67. The Labute approximate surface area is 138 Å². The van der Waals surface area contributed by atoms with E-state index in [1.54, 1.807) is 18.4 Å². The lowest BCUT2D eigenvalue weighted by molar-refractivity contribution is -0.139. The number of anilines is 1. The first-order valence-electron chi connectivity index (χ1n) is 6.88. The van der Waals surface area contributed by atoms with E-state index in [4.69, 9.17) is 14.6 Å². The molecule has 1 aromatic carbocycles. The molecule has 0 atom stereocenters. The highest BCUT2D eigenvalue weighted by atomic mass is 16.5. The molecule has 1 aliphatic heterocycles. The summed E-state index contributed by atoms with van der Waals surface area (Å²) in [4.78, 5) is 36.6. The maximum absolute atomic E-state index is 12.2. The van der Waals surface area contributed by atoms with E-state index in [0.29, 0.717) is 5.69 Å². The third-order valence-electron chi connectivity index (χ3n) is 3.28. The number of carbonyl (C=O) groups excluding carboxylic acids is 2. The van der Waals surface area contributed by atoms with Crippen LogP contribution in [0, 0.1) is 0 Å². The predicted octanol–water partition coefficient (Wildman–Crippen LogP) is 1.87. The van der Waals surface area contributed by atoms with E-state index < -0.39 is 17.9 Å². The van der Waals surface area contributed by atoms with Gasteiger partial charge in [0.2, 0.25) is 0 Å². The maximum Gasteiger partial charge on any atom is 0.355 e. The van der Waals surface area contributed by atoms with Gasteiger partial charge in [0.25, 0.3) is 0 Å². The van der Waals surface area contributed by atoms with Crippen LogP contribution in [0.3, 0.4) is 0 Å². The summed E-state index contributed by atoms with van der Waals surface area (Å²) in [6.45, 7) is 0. The molecule has 0 spiro atoms. The van der Waals surface area contributed by atoms with Crippen molar-refractivity contribution < 1.29 is 29.0 Å². The number of allylic oxidation sites excluding steroid dienone is 2. The van der Waals surface area contributed by atoms with Crippen LogP contribution in [0.1, 0.15) is 10.4 Å². The minimum Gasteiger partial charge on any atom is -0.478 e. The molecule has 0 aliphatic carbocycles. The van der Waals surface area contributed by atoms with Crippen molar-refractivity contribution in [2.45, 2.75) is 0 Å². The molecule has 0 fully saturated rings. The Bertz CT molecular complexity index is 758. The van der Waals surface area contributed by atoms with Crippen molar-refractivity contribution in [2.75, 3.05) is 19.1 Å². The first-order valence-corrected chi connectivity index (χ1v) is 6.88. The fraction of sp³-hybridized carbons (Fsp3) is 0.118. The lowest BCUT2D eigenvalue weighted by atomic mass is 10.1. The normalized spacial score (nSPS) is 13.5. The van der Waals surface area contributed by atoms with Gasteiger partial charge in [-0.15, -0.1) is 0 Å². The molecule has 1 aliphatic rings. The van der Waals surface area contributed by atoms with Gasteiger partial charge in [-0.1, -0.05) is 6.08 Å². The number of hydrogen-bond acceptors (Lipinski definition) is 6. The van der Waals surface area contributed by atoms with Crippen LogP contribution >= 0.6 is 0 Å². The average Bonchev–Trinajstić information content (AvgIpc) is 2.83. The molecular weight excluding hydrogens is 314 g/mol. The molecule has 1 N–H and O–H groups in total. The third-order valence-corrected chi connectivity index (χ3v) is 3.28. The first-order chi connectivity index (χ1) is 11.5. The van der Waals surface area contributed by atoms with Crippen molar-refractivity contribution in [1.82, 2.24) is 0 Å².